The Morgan fingerprint density at radius 1 is 0.368 bits per heavy atom. The van der Waals surface area contributed by atoms with Crippen molar-refractivity contribution in [2.24, 2.45) is 0 Å². The lowest BCUT2D eigenvalue weighted by Crippen LogP contribution is -2.08. The van der Waals surface area contributed by atoms with Crippen LogP contribution in [0, 0.1) is 11.3 Å². The first-order valence-electron chi connectivity index (χ1n) is 20.2. The summed E-state index contributed by atoms with van der Waals surface area (Å²) in [4.78, 5) is 9.78. The van der Waals surface area contributed by atoms with Crippen molar-refractivity contribution in [1.82, 2.24) is 19.1 Å². The van der Waals surface area contributed by atoms with Gasteiger partial charge in [0.1, 0.15) is 11.6 Å². The summed E-state index contributed by atoms with van der Waals surface area (Å²) in [6.07, 6.45) is -19.7. The molecule has 0 fully saturated rings. The number of nitriles is 1. The van der Waals surface area contributed by atoms with Gasteiger partial charge in [0, 0.05) is 38.2 Å². The zero-order chi connectivity index (χ0) is 48.1. The van der Waals surface area contributed by atoms with Crippen LogP contribution < -0.4 is 0 Å². The van der Waals surface area contributed by atoms with Gasteiger partial charge < -0.3 is 9.13 Å². The minimum Gasteiger partial charge on any atom is -0.308 e. The van der Waals surface area contributed by atoms with Crippen molar-refractivity contribution in [1.29, 1.82) is 5.26 Å². The van der Waals surface area contributed by atoms with Crippen molar-refractivity contribution in [2.75, 3.05) is 0 Å². The van der Waals surface area contributed by atoms with Crippen LogP contribution in [0.3, 0.4) is 0 Å². The second-order valence-corrected chi connectivity index (χ2v) is 15.8. The molecule has 0 saturated heterocycles. The summed E-state index contributed by atoms with van der Waals surface area (Å²) in [6, 6.07) is 34.2. The van der Waals surface area contributed by atoms with E-state index in [0.29, 0.717) is 46.8 Å². The first-order chi connectivity index (χ1) is 32.2. The third kappa shape index (κ3) is 7.51. The molecule has 17 heteroatoms. The molecule has 0 bridgehead atoms. The summed E-state index contributed by atoms with van der Waals surface area (Å²) in [5, 5.41) is 10.1. The highest BCUT2D eigenvalue weighted by Crippen LogP contribution is 2.45. The zero-order valence-corrected chi connectivity index (χ0v) is 34.2. The smallest absolute Gasteiger partial charge is 0.308 e. The predicted molar refractivity (Wildman–Crippen MR) is 232 cm³/mol. The van der Waals surface area contributed by atoms with Gasteiger partial charge in [-0.2, -0.15) is 57.9 Å². The molecule has 0 radical (unpaired) electrons. The quantitative estimate of drug-likeness (QED) is 0.162. The van der Waals surface area contributed by atoms with Gasteiger partial charge in [-0.15, -0.1) is 0 Å². The van der Waals surface area contributed by atoms with Gasteiger partial charge in [0.05, 0.1) is 67.1 Å². The number of aromatic nitrogens is 4. The van der Waals surface area contributed by atoms with Gasteiger partial charge in [-0.05, 0) is 91.0 Å². The lowest BCUT2D eigenvalue weighted by Gasteiger charge is -2.19. The third-order valence-corrected chi connectivity index (χ3v) is 11.7. The number of alkyl halides is 12. The van der Waals surface area contributed by atoms with E-state index in [1.165, 1.54) is 21.3 Å². The minimum atomic E-state index is -4.93. The van der Waals surface area contributed by atoms with Gasteiger partial charge in [-0.1, -0.05) is 60.7 Å². The topological polar surface area (TPSA) is 59.4 Å². The fraction of sp³-hybridized carbons (Fsp3) is 0.0784. The standard InChI is InChI=1S/C51H25F12N5/c52-48(53,54)30-11-15-41-34(21-30)35-22-31(49(55,56)57)12-16-42(35)67(41)45-19-29(47-65-39(27-7-3-1-4-8-27)25-40(66-47)28-9-5-2-6-10-28)20-46(38(45)26-64)68-43-17-13-32(50(58,59)60)23-36(43)37-24-33(51(61,62)63)14-18-44(37)68/h1-25H. The molecule has 0 N–H and O–H groups in total. The number of fused-ring (bicyclic) bond motifs is 6. The number of hydrogen-bond acceptors (Lipinski definition) is 3. The molecule has 0 atom stereocenters. The maximum atomic E-state index is 14.3. The molecule has 10 aromatic rings. The van der Waals surface area contributed by atoms with Crippen LogP contribution in [0.25, 0.3) is 88.9 Å². The zero-order valence-electron chi connectivity index (χ0n) is 34.2. The molecule has 0 amide bonds. The van der Waals surface area contributed by atoms with Gasteiger partial charge in [-0.25, -0.2) is 9.97 Å². The van der Waals surface area contributed by atoms with Gasteiger partial charge in [-0.3, -0.25) is 0 Å². The normalized spacial score (nSPS) is 12.7. The Balaban J connectivity index is 1.38. The number of rotatable bonds is 5. The van der Waals surface area contributed by atoms with E-state index in [2.05, 4.69) is 6.07 Å². The van der Waals surface area contributed by atoms with Crippen LogP contribution in [0.2, 0.25) is 0 Å². The SMILES string of the molecule is N#Cc1c(-n2c3ccc(C(F)(F)F)cc3c3cc(C(F)(F)F)ccc32)cc(-c2nc(-c3ccccc3)cc(-c3ccccc3)n2)cc1-n1c2ccc(C(F)(F)F)cc2c2cc(C(F)(F)F)ccc21. The van der Waals surface area contributed by atoms with Crippen LogP contribution in [-0.2, 0) is 24.7 Å². The first-order valence-corrected chi connectivity index (χ1v) is 20.2. The summed E-state index contributed by atoms with van der Waals surface area (Å²) in [6.45, 7) is 0. The molecular weight excluding hydrogens is 911 g/mol. The molecule has 0 aliphatic carbocycles. The summed E-state index contributed by atoms with van der Waals surface area (Å²) in [5.41, 5.74) is -3.53. The number of hydrogen-bond donors (Lipinski definition) is 0. The van der Waals surface area contributed by atoms with Crippen molar-refractivity contribution in [2.45, 2.75) is 24.7 Å². The molecule has 0 spiro atoms. The molecule has 0 aliphatic heterocycles. The van der Waals surface area contributed by atoms with Crippen LogP contribution in [0.5, 0.6) is 0 Å². The molecule has 10 rings (SSSR count). The molecule has 7 aromatic carbocycles. The monoisotopic (exact) mass is 935 g/mol. The van der Waals surface area contributed by atoms with E-state index in [4.69, 9.17) is 9.97 Å². The highest BCUT2D eigenvalue weighted by Gasteiger charge is 2.36. The van der Waals surface area contributed by atoms with Crippen LogP contribution in [0.15, 0.2) is 152 Å². The Morgan fingerprint density at radius 3 is 0.956 bits per heavy atom. The van der Waals surface area contributed by atoms with E-state index in [-0.39, 0.29) is 71.9 Å². The van der Waals surface area contributed by atoms with Crippen molar-refractivity contribution in [3.8, 4) is 51.3 Å². The van der Waals surface area contributed by atoms with E-state index >= 15 is 0 Å². The van der Waals surface area contributed by atoms with Crippen molar-refractivity contribution in [3.63, 3.8) is 0 Å². The van der Waals surface area contributed by atoms with E-state index in [1.807, 2.05) is 0 Å². The fourth-order valence-corrected chi connectivity index (χ4v) is 8.57. The summed E-state index contributed by atoms with van der Waals surface area (Å²) in [5.74, 6) is -0.0174. The lowest BCUT2D eigenvalue weighted by atomic mass is 10.0. The first kappa shape index (κ1) is 43.7. The average Bonchev–Trinajstić information content (AvgIpc) is 3.81. The number of nitrogens with zero attached hydrogens (tertiary/aromatic N) is 5. The number of benzene rings is 7. The second kappa shape index (κ2) is 15.5. The summed E-state index contributed by atoms with van der Waals surface area (Å²) < 4.78 is 174. The molecule has 68 heavy (non-hydrogen) atoms. The Bertz CT molecular complexity index is 3320. The number of halogens is 12. The van der Waals surface area contributed by atoms with E-state index in [9.17, 15) is 57.9 Å². The highest BCUT2D eigenvalue weighted by atomic mass is 19.4. The Morgan fingerprint density at radius 2 is 0.676 bits per heavy atom. The van der Waals surface area contributed by atoms with E-state index in [0.717, 1.165) is 48.5 Å². The molecule has 0 unspecified atom stereocenters. The van der Waals surface area contributed by atoms with E-state index < -0.39 is 47.0 Å². The Labute approximate surface area is 375 Å². The molecular formula is C51H25F12N5. The summed E-state index contributed by atoms with van der Waals surface area (Å²) in [7, 11) is 0. The minimum absolute atomic E-state index is 0.0174. The van der Waals surface area contributed by atoms with Crippen LogP contribution >= 0.6 is 0 Å². The van der Waals surface area contributed by atoms with Crippen LogP contribution in [0.1, 0.15) is 27.8 Å². The maximum absolute atomic E-state index is 14.3. The lowest BCUT2D eigenvalue weighted by molar-refractivity contribution is -0.138. The summed E-state index contributed by atoms with van der Waals surface area (Å²) >= 11 is 0. The maximum Gasteiger partial charge on any atom is 0.416 e. The Kier molecular flexibility index (Phi) is 9.96. The molecule has 338 valence electrons. The van der Waals surface area contributed by atoms with Crippen molar-refractivity contribution in [3.05, 3.63) is 179 Å². The van der Waals surface area contributed by atoms with Gasteiger partial charge in [0.25, 0.3) is 0 Å². The van der Waals surface area contributed by atoms with Crippen molar-refractivity contribution >= 4 is 43.6 Å². The van der Waals surface area contributed by atoms with Gasteiger partial charge in [0.2, 0.25) is 0 Å². The largest absolute Gasteiger partial charge is 0.416 e. The fourth-order valence-electron chi connectivity index (χ4n) is 8.57. The molecule has 0 saturated carbocycles. The predicted octanol–water partition coefficient (Wildman–Crippen LogP) is 15.6. The third-order valence-electron chi connectivity index (χ3n) is 11.7. The molecule has 3 aromatic heterocycles. The molecule has 0 aliphatic rings. The van der Waals surface area contributed by atoms with Gasteiger partial charge >= 0.3 is 24.7 Å². The van der Waals surface area contributed by atoms with Crippen LogP contribution in [-0.4, -0.2) is 19.1 Å². The average molecular weight is 936 g/mol. The van der Waals surface area contributed by atoms with Gasteiger partial charge in [0.15, 0.2) is 5.82 Å². The Hall–Kier alpha value is -8.13. The van der Waals surface area contributed by atoms with Crippen molar-refractivity contribution < 1.29 is 52.7 Å². The second-order valence-electron chi connectivity index (χ2n) is 15.8. The molecule has 5 nitrogen and oxygen atoms in total. The molecule has 3 heterocycles. The van der Waals surface area contributed by atoms with Crippen LogP contribution in [0.4, 0.5) is 52.7 Å². The van der Waals surface area contributed by atoms with E-state index in [1.54, 1.807) is 66.7 Å². The highest BCUT2D eigenvalue weighted by molar-refractivity contribution is 6.12.